The normalized spacial score (nSPS) is 17.7. The summed E-state index contributed by atoms with van der Waals surface area (Å²) in [7, 11) is 0. The van der Waals surface area contributed by atoms with Crippen molar-refractivity contribution in [1.29, 1.82) is 0 Å². The average Bonchev–Trinajstić information content (AvgIpc) is 3.25. The Morgan fingerprint density at radius 3 is 2.85 bits per heavy atom. The molecule has 0 bridgehead atoms. The maximum absolute atomic E-state index is 12.4. The van der Waals surface area contributed by atoms with E-state index in [1.54, 1.807) is 6.07 Å². The first-order chi connectivity index (χ1) is 12.8. The van der Waals surface area contributed by atoms with Crippen LogP contribution in [0.1, 0.15) is 29.0 Å². The molecule has 2 N–H and O–H groups in total. The third-order valence-electron chi connectivity index (χ3n) is 4.44. The third-order valence-corrected chi connectivity index (χ3v) is 5.42. The Kier molecular flexibility index (Phi) is 4.47. The van der Waals surface area contributed by atoms with Gasteiger partial charge < -0.3 is 14.8 Å². The predicted molar refractivity (Wildman–Crippen MR) is 91.7 cm³/mol. The maximum Gasteiger partial charge on any atom is 0.573 e. The maximum atomic E-state index is 12.4. The molecule has 1 fully saturated rings. The summed E-state index contributed by atoms with van der Waals surface area (Å²) in [5.74, 6) is -0.305. The zero-order chi connectivity index (χ0) is 19.1. The van der Waals surface area contributed by atoms with E-state index in [9.17, 15) is 18.0 Å². The molecule has 10 heteroatoms. The minimum Gasteiger partial charge on any atom is -0.406 e. The van der Waals surface area contributed by atoms with E-state index < -0.39 is 17.9 Å². The summed E-state index contributed by atoms with van der Waals surface area (Å²) in [5.41, 5.74) is 0.820. The van der Waals surface area contributed by atoms with Crippen molar-refractivity contribution in [3.63, 3.8) is 0 Å². The van der Waals surface area contributed by atoms with Gasteiger partial charge in [0.05, 0.1) is 29.3 Å². The number of halogens is 3. The van der Waals surface area contributed by atoms with Crippen molar-refractivity contribution < 1.29 is 27.4 Å². The molecule has 0 atom stereocenters. The first kappa shape index (κ1) is 18.1. The number of benzene rings is 1. The Morgan fingerprint density at radius 1 is 1.33 bits per heavy atom. The molecule has 144 valence electrons. The zero-order valence-corrected chi connectivity index (χ0v) is 14.9. The molecule has 0 spiro atoms. The molecule has 1 aromatic heterocycles. The van der Waals surface area contributed by atoms with E-state index >= 15 is 0 Å². The van der Waals surface area contributed by atoms with Gasteiger partial charge >= 0.3 is 12.4 Å². The minimum absolute atomic E-state index is 0.305. The van der Waals surface area contributed by atoms with Gasteiger partial charge in [0, 0.05) is 6.42 Å². The number of nitrogens with one attached hydrogen (secondary N) is 2. The second kappa shape index (κ2) is 6.68. The van der Waals surface area contributed by atoms with Crippen LogP contribution in [0.25, 0.3) is 0 Å². The molecule has 1 saturated carbocycles. The van der Waals surface area contributed by atoms with E-state index in [2.05, 4.69) is 20.4 Å². The van der Waals surface area contributed by atoms with Crippen LogP contribution < -0.4 is 15.4 Å². The highest BCUT2D eigenvalue weighted by Gasteiger charge is 2.46. The Hall–Kier alpha value is -2.33. The number of carbonyl (C=O) groups is 1. The van der Waals surface area contributed by atoms with Crippen LogP contribution in [0, 0.1) is 0 Å². The molecular formula is C17H16F3N3O3S. The molecule has 0 unspecified atom stereocenters. The second-order valence-electron chi connectivity index (χ2n) is 6.43. The molecule has 27 heavy (non-hydrogen) atoms. The Balaban J connectivity index is 1.43. The molecule has 2 heterocycles. The van der Waals surface area contributed by atoms with Crippen LogP contribution >= 0.6 is 11.3 Å². The summed E-state index contributed by atoms with van der Waals surface area (Å²) in [6.07, 6.45) is -2.77. The summed E-state index contributed by atoms with van der Waals surface area (Å²) in [4.78, 5) is 17.8. The van der Waals surface area contributed by atoms with E-state index in [0.717, 1.165) is 10.6 Å². The summed E-state index contributed by atoms with van der Waals surface area (Å²) in [6.45, 7) is 1.11. The van der Waals surface area contributed by atoms with Gasteiger partial charge in [-0.25, -0.2) is 9.78 Å². The summed E-state index contributed by atoms with van der Waals surface area (Å²) >= 11 is 1.36. The van der Waals surface area contributed by atoms with Gasteiger partial charge in [-0.15, -0.1) is 13.2 Å². The number of aromatic nitrogens is 1. The lowest BCUT2D eigenvalue weighted by Crippen LogP contribution is -2.38. The highest BCUT2D eigenvalue weighted by molar-refractivity contribution is 7.15. The second-order valence-corrected chi connectivity index (χ2v) is 7.51. The zero-order valence-electron chi connectivity index (χ0n) is 14.1. The summed E-state index contributed by atoms with van der Waals surface area (Å²) < 4.78 is 46.6. The van der Waals surface area contributed by atoms with Crippen molar-refractivity contribution in [2.45, 2.75) is 37.8 Å². The van der Waals surface area contributed by atoms with Crippen LogP contribution in [0.3, 0.4) is 0 Å². The quantitative estimate of drug-likeness (QED) is 0.817. The first-order valence-corrected chi connectivity index (χ1v) is 9.16. The molecular weight excluding hydrogens is 383 g/mol. The van der Waals surface area contributed by atoms with Crippen molar-refractivity contribution in [3.05, 3.63) is 40.4 Å². The first-order valence-electron chi connectivity index (χ1n) is 8.35. The number of thiazole rings is 1. The number of alkyl halides is 3. The molecule has 4 rings (SSSR count). The van der Waals surface area contributed by atoms with Gasteiger partial charge in [0.1, 0.15) is 5.75 Å². The number of rotatable bonds is 4. The Bertz CT molecular complexity index is 841. The molecule has 1 aromatic carbocycles. The third kappa shape index (κ3) is 4.16. The van der Waals surface area contributed by atoms with Gasteiger partial charge in [-0.2, -0.15) is 0 Å². The molecule has 6 nitrogen and oxygen atoms in total. The van der Waals surface area contributed by atoms with Gasteiger partial charge in [-0.3, -0.25) is 5.32 Å². The molecule has 2 aromatic rings. The number of amides is 2. The van der Waals surface area contributed by atoms with Crippen LogP contribution in [0.5, 0.6) is 5.75 Å². The van der Waals surface area contributed by atoms with Crippen molar-refractivity contribution in [1.82, 2.24) is 10.3 Å². The monoisotopic (exact) mass is 399 g/mol. The van der Waals surface area contributed by atoms with Crippen LogP contribution in [0.15, 0.2) is 24.3 Å². The van der Waals surface area contributed by atoms with Crippen LogP contribution in [0.2, 0.25) is 0 Å². The lowest BCUT2D eigenvalue weighted by molar-refractivity contribution is -0.274. The number of hydrogen-bond donors (Lipinski definition) is 2. The van der Waals surface area contributed by atoms with E-state index in [1.807, 2.05) is 0 Å². The lowest BCUT2D eigenvalue weighted by atomic mass is 10.0. The predicted octanol–water partition coefficient (Wildman–Crippen LogP) is 3.93. The highest BCUT2D eigenvalue weighted by Crippen LogP contribution is 2.46. The van der Waals surface area contributed by atoms with Gasteiger partial charge in [0.2, 0.25) is 0 Å². The average molecular weight is 399 g/mol. The fourth-order valence-corrected chi connectivity index (χ4v) is 3.97. The topological polar surface area (TPSA) is 72.5 Å². The number of nitrogens with zero attached hydrogens (tertiary/aromatic N) is 1. The fraction of sp³-hybridized carbons (Fsp3) is 0.412. The lowest BCUT2D eigenvalue weighted by Gasteiger charge is -2.19. The molecule has 1 aliphatic heterocycles. The molecule has 1 aliphatic carbocycles. The molecule has 0 radical (unpaired) electrons. The molecule has 0 saturated heterocycles. The number of hydrogen-bond acceptors (Lipinski definition) is 5. The van der Waals surface area contributed by atoms with Crippen molar-refractivity contribution in [2.75, 3.05) is 11.9 Å². The molecule has 2 aliphatic rings. The number of urea groups is 1. The van der Waals surface area contributed by atoms with Gasteiger partial charge in [0.15, 0.2) is 5.13 Å². The number of anilines is 1. The summed E-state index contributed by atoms with van der Waals surface area (Å²) in [5, 5.41) is 6.04. The van der Waals surface area contributed by atoms with Crippen LogP contribution in [0.4, 0.5) is 23.1 Å². The van der Waals surface area contributed by atoms with Crippen LogP contribution in [-0.2, 0) is 23.3 Å². The van der Waals surface area contributed by atoms with Crippen LogP contribution in [-0.4, -0.2) is 24.0 Å². The van der Waals surface area contributed by atoms with Crippen molar-refractivity contribution in [3.8, 4) is 5.75 Å². The Morgan fingerprint density at radius 2 is 2.15 bits per heavy atom. The summed E-state index contributed by atoms with van der Waals surface area (Å²) in [6, 6.07) is 5.25. The van der Waals surface area contributed by atoms with Crippen molar-refractivity contribution >= 4 is 22.5 Å². The highest BCUT2D eigenvalue weighted by atomic mass is 32.1. The van der Waals surface area contributed by atoms with Gasteiger partial charge in [-0.1, -0.05) is 23.5 Å². The number of fused-ring (bicyclic) bond motifs is 1. The van der Waals surface area contributed by atoms with Gasteiger partial charge in [-0.05, 0) is 30.5 Å². The van der Waals surface area contributed by atoms with E-state index in [-0.39, 0.29) is 5.75 Å². The smallest absolute Gasteiger partial charge is 0.406 e. The van der Waals surface area contributed by atoms with E-state index in [1.165, 1.54) is 29.5 Å². The standard InChI is InChI=1S/C17H16F3N3O3S/c18-17(19,20)26-11-3-1-2-10(8-11)16(5-6-16)23-14(24)22-15-21-12-4-7-25-9-13(12)27-15/h1-3,8H,4-7,9H2,(H2,21,22,23,24). The van der Waals surface area contributed by atoms with E-state index in [0.29, 0.717) is 43.2 Å². The SMILES string of the molecule is O=C(Nc1nc2c(s1)COCC2)NC1(c2cccc(OC(F)(F)F)c2)CC1. The van der Waals surface area contributed by atoms with Gasteiger partial charge in [0.25, 0.3) is 0 Å². The largest absolute Gasteiger partial charge is 0.573 e. The minimum atomic E-state index is -4.76. The number of carbonyl (C=O) groups excluding carboxylic acids is 1. The Labute approximate surface area is 156 Å². The fourth-order valence-electron chi connectivity index (χ4n) is 3.03. The van der Waals surface area contributed by atoms with Crippen molar-refractivity contribution in [2.24, 2.45) is 0 Å². The molecule has 2 amide bonds. The van der Waals surface area contributed by atoms with E-state index in [4.69, 9.17) is 4.74 Å². The number of ether oxygens (including phenoxy) is 2.